The number of hydrogen-bond acceptors (Lipinski definition) is 6. The number of carbonyl (C=O) groups is 2. The van der Waals surface area contributed by atoms with Gasteiger partial charge in [-0.25, -0.2) is 14.5 Å². The summed E-state index contributed by atoms with van der Waals surface area (Å²) >= 11 is 0. The molecule has 0 atom stereocenters. The number of amides is 1. The van der Waals surface area contributed by atoms with Gasteiger partial charge in [-0.2, -0.15) is 18.3 Å². The second-order valence-electron chi connectivity index (χ2n) is 6.73. The molecule has 1 N–H and O–H groups in total. The molecule has 0 bridgehead atoms. The van der Waals surface area contributed by atoms with Crippen molar-refractivity contribution in [2.45, 2.75) is 6.18 Å². The first-order valence-electron chi connectivity index (χ1n) is 9.81. The highest BCUT2D eigenvalue weighted by atomic mass is 19.4. The molecule has 0 fully saturated rings. The zero-order chi connectivity index (χ0) is 24.6. The highest BCUT2D eigenvalue weighted by Gasteiger charge is 2.31. The lowest BCUT2D eigenvalue weighted by Crippen LogP contribution is -2.21. The summed E-state index contributed by atoms with van der Waals surface area (Å²) in [6.45, 7) is 3.22. The highest BCUT2D eigenvalue weighted by molar-refractivity contribution is 5.96. The lowest BCUT2D eigenvalue weighted by molar-refractivity contribution is -0.142. The van der Waals surface area contributed by atoms with Gasteiger partial charge in [0.1, 0.15) is 25.0 Å². The number of halogens is 3. The number of ether oxygens (including phenoxy) is 2. The van der Waals surface area contributed by atoms with Crippen LogP contribution in [0.15, 0.2) is 73.9 Å². The van der Waals surface area contributed by atoms with Crippen molar-refractivity contribution >= 4 is 23.6 Å². The molecule has 1 aromatic heterocycles. The summed E-state index contributed by atoms with van der Waals surface area (Å²) in [4.78, 5) is 27.9. The van der Waals surface area contributed by atoms with E-state index in [1.54, 1.807) is 30.3 Å². The Balaban J connectivity index is 1.60. The van der Waals surface area contributed by atoms with Crippen molar-refractivity contribution in [1.82, 2.24) is 14.8 Å². The van der Waals surface area contributed by atoms with Crippen molar-refractivity contribution in [3.8, 4) is 11.4 Å². The van der Waals surface area contributed by atoms with Crippen LogP contribution in [0.1, 0.15) is 11.1 Å². The van der Waals surface area contributed by atoms with E-state index in [4.69, 9.17) is 9.47 Å². The van der Waals surface area contributed by atoms with Crippen molar-refractivity contribution in [2.24, 2.45) is 0 Å². The van der Waals surface area contributed by atoms with E-state index in [1.807, 2.05) is 0 Å². The normalized spacial score (nSPS) is 11.3. The van der Waals surface area contributed by atoms with E-state index in [-0.39, 0.29) is 11.4 Å². The molecule has 0 saturated carbocycles. The van der Waals surface area contributed by atoms with E-state index in [2.05, 4.69) is 22.0 Å². The van der Waals surface area contributed by atoms with Crippen LogP contribution in [-0.2, 0) is 20.5 Å². The van der Waals surface area contributed by atoms with Crippen LogP contribution in [0.4, 0.5) is 18.9 Å². The molecule has 1 amide bonds. The molecule has 2 aromatic carbocycles. The van der Waals surface area contributed by atoms with E-state index >= 15 is 0 Å². The molecule has 0 unspecified atom stereocenters. The van der Waals surface area contributed by atoms with Crippen LogP contribution in [0.25, 0.3) is 11.8 Å². The van der Waals surface area contributed by atoms with Crippen LogP contribution in [0, 0.1) is 0 Å². The molecule has 0 aliphatic carbocycles. The summed E-state index contributed by atoms with van der Waals surface area (Å²) in [6.07, 6.45) is 2.06. The smallest absolute Gasteiger partial charge is 0.416 e. The van der Waals surface area contributed by atoms with Gasteiger partial charge in [-0.1, -0.05) is 24.8 Å². The number of nitrogens with zero attached hydrogens (tertiary/aromatic N) is 3. The summed E-state index contributed by atoms with van der Waals surface area (Å²) in [6, 6.07) is 9.63. The Bertz CT molecular complexity index is 1170. The fourth-order valence-electron chi connectivity index (χ4n) is 2.71. The van der Waals surface area contributed by atoms with Gasteiger partial charge in [0.25, 0.3) is 5.91 Å². The molecule has 0 aliphatic heterocycles. The van der Waals surface area contributed by atoms with Crippen molar-refractivity contribution in [1.29, 1.82) is 0 Å². The summed E-state index contributed by atoms with van der Waals surface area (Å²) in [5, 5.41) is 6.17. The maximum Gasteiger partial charge on any atom is 0.416 e. The monoisotopic (exact) mass is 472 g/mol. The molecule has 0 spiro atoms. The second kappa shape index (κ2) is 10.9. The molecule has 34 heavy (non-hydrogen) atoms. The van der Waals surface area contributed by atoms with E-state index in [0.29, 0.717) is 17.9 Å². The first kappa shape index (κ1) is 24.2. The molecule has 11 heteroatoms. The van der Waals surface area contributed by atoms with Gasteiger partial charge < -0.3 is 14.8 Å². The number of aromatic nitrogens is 3. The Labute approximate surface area is 192 Å². The summed E-state index contributed by atoms with van der Waals surface area (Å²) in [7, 11) is 0. The molecule has 1 heterocycles. The Hall–Kier alpha value is -4.41. The summed E-state index contributed by atoms with van der Waals surface area (Å²) in [5.41, 5.74) is -0.289. The molecular formula is C23H19F3N4O4. The average molecular weight is 472 g/mol. The van der Waals surface area contributed by atoms with Crippen LogP contribution in [0.2, 0.25) is 0 Å². The van der Waals surface area contributed by atoms with Crippen molar-refractivity contribution in [2.75, 3.05) is 18.5 Å². The third-order valence-corrected chi connectivity index (χ3v) is 4.27. The molecule has 0 aliphatic rings. The van der Waals surface area contributed by atoms with Gasteiger partial charge >= 0.3 is 12.1 Å². The molecule has 8 nitrogen and oxygen atoms in total. The molecule has 0 saturated heterocycles. The molecule has 0 radical (unpaired) electrons. The zero-order valence-corrected chi connectivity index (χ0v) is 17.7. The minimum atomic E-state index is -4.62. The Morgan fingerprint density at radius 1 is 1.15 bits per heavy atom. The molecular weight excluding hydrogens is 453 g/mol. The lowest BCUT2D eigenvalue weighted by atomic mass is 10.1. The third-order valence-electron chi connectivity index (χ3n) is 4.27. The number of carbonyl (C=O) groups excluding carboxylic acids is 2. The van der Waals surface area contributed by atoms with Crippen LogP contribution in [-0.4, -0.2) is 39.9 Å². The quantitative estimate of drug-likeness (QED) is 0.287. The number of anilines is 1. The van der Waals surface area contributed by atoms with Gasteiger partial charge in [-0.15, -0.1) is 0 Å². The number of hydrogen-bond donors (Lipinski definition) is 1. The second-order valence-corrected chi connectivity index (χ2v) is 6.73. The lowest BCUT2D eigenvalue weighted by Gasteiger charge is -2.14. The molecule has 3 rings (SSSR count). The maximum atomic E-state index is 13.1. The van der Waals surface area contributed by atoms with Crippen LogP contribution in [0.3, 0.4) is 0 Å². The maximum absolute atomic E-state index is 13.1. The average Bonchev–Trinajstić information content (AvgIpc) is 3.35. The van der Waals surface area contributed by atoms with Crippen molar-refractivity contribution < 1.29 is 32.2 Å². The Kier molecular flexibility index (Phi) is 7.80. The minimum Gasteiger partial charge on any atom is -0.490 e. The standard InChI is InChI=1S/C23H19F3N4O4/c1-2-11-33-18-7-3-16(4-8-18)5-10-22(32)34-13-21(31)29-19-12-17(23(24,25)26)6-9-20(19)30-15-27-14-28-30/h2-10,12,14-15H,1,11,13H2,(H,29,31)/b10-5+. The van der Waals surface area contributed by atoms with E-state index in [1.165, 1.54) is 23.4 Å². The Morgan fingerprint density at radius 3 is 2.56 bits per heavy atom. The summed E-state index contributed by atoms with van der Waals surface area (Å²) < 4.78 is 50.7. The number of benzene rings is 2. The largest absolute Gasteiger partial charge is 0.490 e. The SMILES string of the molecule is C=CCOc1ccc(/C=C/C(=O)OCC(=O)Nc2cc(C(F)(F)F)ccc2-n2cncn2)cc1. The molecule has 3 aromatic rings. The summed E-state index contributed by atoms with van der Waals surface area (Å²) in [5.74, 6) is -0.995. The van der Waals surface area contributed by atoms with Gasteiger partial charge in [0, 0.05) is 6.08 Å². The van der Waals surface area contributed by atoms with Crippen LogP contribution < -0.4 is 10.1 Å². The van der Waals surface area contributed by atoms with E-state index in [9.17, 15) is 22.8 Å². The topological polar surface area (TPSA) is 95.3 Å². The van der Waals surface area contributed by atoms with E-state index < -0.39 is 30.2 Å². The van der Waals surface area contributed by atoms with Crippen LogP contribution >= 0.6 is 0 Å². The number of rotatable bonds is 9. The number of esters is 1. The number of alkyl halides is 3. The zero-order valence-electron chi connectivity index (χ0n) is 17.7. The van der Waals surface area contributed by atoms with E-state index in [0.717, 1.165) is 24.3 Å². The van der Waals surface area contributed by atoms with Gasteiger partial charge in [-0.3, -0.25) is 4.79 Å². The third kappa shape index (κ3) is 6.79. The van der Waals surface area contributed by atoms with Crippen LogP contribution in [0.5, 0.6) is 5.75 Å². The Morgan fingerprint density at radius 2 is 1.91 bits per heavy atom. The first-order chi connectivity index (χ1) is 16.3. The van der Waals surface area contributed by atoms with Crippen molar-refractivity contribution in [3.63, 3.8) is 0 Å². The fraction of sp³-hybridized carbons (Fsp3) is 0.130. The van der Waals surface area contributed by atoms with Gasteiger partial charge in [0.2, 0.25) is 0 Å². The minimum absolute atomic E-state index is 0.158. The molecule has 176 valence electrons. The predicted molar refractivity (Wildman–Crippen MR) is 117 cm³/mol. The van der Waals surface area contributed by atoms with Gasteiger partial charge in [-0.05, 0) is 42.0 Å². The first-order valence-corrected chi connectivity index (χ1v) is 9.81. The van der Waals surface area contributed by atoms with Gasteiger partial charge in [0.05, 0.1) is 16.9 Å². The number of nitrogens with one attached hydrogen (secondary N) is 1. The predicted octanol–water partition coefficient (Wildman–Crippen LogP) is 4.05. The van der Waals surface area contributed by atoms with Gasteiger partial charge in [0.15, 0.2) is 6.61 Å². The highest BCUT2D eigenvalue weighted by Crippen LogP contribution is 2.33. The van der Waals surface area contributed by atoms with Crippen molar-refractivity contribution in [3.05, 3.63) is 85.0 Å². The fourth-order valence-corrected chi connectivity index (χ4v) is 2.71.